The fraction of sp³-hybridized carbons (Fsp3) is 0.478. The van der Waals surface area contributed by atoms with Gasteiger partial charge in [0.15, 0.2) is 0 Å². The van der Waals surface area contributed by atoms with Crippen molar-refractivity contribution in [2.24, 2.45) is 5.92 Å². The van der Waals surface area contributed by atoms with Crippen LogP contribution in [0.3, 0.4) is 0 Å². The third-order valence-electron chi connectivity index (χ3n) is 6.20. The average Bonchev–Trinajstić information content (AvgIpc) is 2.68. The molecule has 2 aliphatic heterocycles. The Labute approximate surface area is 167 Å². The van der Waals surface area contributed by atoms with Crippen LogP contribution in [-0.4, -0.2) is 59.5 Å². The van der Waals surface area contributed by atoms with Gasteiger partial charge in [-0.3, -0.25) is 14.7 Å². The Morgan fingerprint density at radius 2 is 2.11 bits per heavy atom. The molecule has 0 radical (unpaired) electrons. The Morgan fingerprint density at radius 3 is 2.86 bits per heavy atom. The van der Waals surface area contributed by atoms with E-state index in [1.165, 1.54) is 0 Å². The Morgan fingerprint density at radius 1 is 1.25 bits per heavy atom. The van der Waals surface area contributed by atoms with E-state index in [9.17, 15) is 4.79 Å². The number of carbonyl (C=O) groups is 1. The minimum atomic E-state index is 0.108. The highest BCUT2D eigenvalue weighted by atomic mass is 16.5. The Balaban J connectivity index is 1.31. The van der Waals surface area contributed by atoms with Gasteiger partial charge in [-0.05, 0) is 63.5 Å². The molecule has 4 rings (SSSR count). The minimum Gasteiger partial charge on any atom is -0.375 e. The number of rotatable bonds is 5. The quantitative estimate of drug-likeness (QED) is 0.801. The van der Waals surface area contributed by atoms with E-state index in [0.29, 0.717) is 12.5 Å². The first-order valence-corrected chi connectivity index (χ1v) is 10.1. The number of hydrogen-bond acceptors (Lipinski definition) is 4. The molecule has 5 nitrogen and oxygen atoms in total. The summed E-state index contributed by atoms with van der Waals surface area (Å²) < 4.78 is 5.95. The number of hydrogen-bond donors (Lipinski definition) is 0. The summed E-state index contributed by atoms with van der Waals surface area (Å²) in [5.41, 5.74) is 3.00. The summed E-state index contributed by atoms with van der Waals surface area (Å²) in [7, 11) is 2.19. The highest BCUT2D eigenvalue weighted by Gasteiger charge is 2.50. The normalized spacial score (nSPS) is 21.5. The number of benzene rings is 1. The number of likely N-dealkylation sites (N-methyl/N-ethyl adjacent to an activating group) is 1. The van der Waals surface area contributed by atoms with Crippen molar-refractivity contribution in [3.63, 3.8) is 0 Å². The van der Waals surface area contributed by atoms with Gasteiger partial charge in [-0.1, -0.05) is 23.8 Å². The van der Waals surface area contributed by atoms with Gasteiger partial charge >= 0.3 is 0 Å². The van der Waals surface area contributed by atoms with Crippen LogP contribution in [0.1, 0.15) is 34.5 Å². The van der Waals surface area contributed by atoms with Crippen molar-refractivity contribution in [3.05, 3.63) is 65.5 Å². The number of ether oxygens (including phenoxy) is 1. The van der Waals surface area contributed by atoms with E-state index in [1.54, 1.807) is 6.20 Å². The summed E-state index contributed by atoms with van der Waals surface area (Å²) in [5, 5.41) is 0. The number of piperidine rings is 1. The number of nitrogens with zero attached hydrogens (tertiary/aromatic N) is 3. The molecule has 0 saturated carbocycles. The Hall–Kier alpha value is -2.24. The standard InChI is InChI=1S/C23H29N3O2/c1-18-6-5-7-20(12-18)22(27)26-16-23(17-26)13-19(9-11-25(23)2)14-28-15-21-8-3-4-10-24-21/h3-8,10,12,19H,9,11,13-17H2,1-2H3. The lowest BCUT2D eigenvalue weighted by molar-refractivity contribution is -0.0769. The molecule has 1 unspecified atom stereocenters. The smallest absolute Gasteiger partial charge is 0.253 e. The van der Waals surface area contributed by atoms with Gasteiger partial charge in [0.05, 0.1) is 24.4 Å². The van der Waals surface area contributed by atoms with Crippen molar-refractivity contribution in [2.45, 2.75) is 31.9 Å². The summed E-state index contributed by atoms with van der Waals surface area (Å²) in [4.78, 5) is 21.5. The van der Waals surface area contributed by atoms with Crippen LogP contribution in [-0.2, 0) is 11.3 Å². The second-order valence-electron chi connectivity index (χ2n) is 8.37. The maximum Gasteiger partial charge on any atom is 0.253 e. The molecule has 1 aromatic heterocycles. The van der Waals surface area contributed by atoms with Crippen LogP contribution < -0.4 is 0 Å². The summed E-state index contributed by atoms with van der Waals surface area (Å²) in [6.07, 6.45) is 4.03. The summed E-state index contributed by atoms with van der Waals surface area (Å²) >= 11 is 0. The van der Waals surface area contributed by atoms with Gasteiger partial charge in [0, 0.05) is 24.8 Å². The van der Waals surface area contributed by atoms with Crippen LogP contribution in [0.25, 0.3) is 0 Å². The third-order valence-corrected chi connectivity index (χ3v) is 6.20. The summed E-state index contributed by atoms with van der Waals surface area (Å²) in [5.74, 6) is 0.687. The highest BCUT2D eigenvalue weighted by molar-refractivity contribution is 5.95. The van der Waals surface area contributed by atoms with Crippen LogP contribution in [0.4, 0.5) is 0 Å². The first-order chi connectivity index (χ1) is 13.6. The molecule has 0 aliphatic carbocycles. The zero-order valence-electron chi connectivity index (χ0n) is 16.8. The topological polar surface area (TPSA) is 45.7 Å². The lowest BCUT2D eigenvalue weighted by Crippen LogP contribution is -2.72. The number of likely N-dealkylation sites (tertiary alicyclic amines) is 2. The molecule has 2 fully saturated rings. The van der Waals surface area contributed by atoms with E-state index in [2.05, 4.69) is 16.9 Å². The molecule has 28 heavy (non-hydrogen) atoms. The molecule has 1 aromatic carbocycles. The number of carbonyl (C=O) groups excluding carboxylic acids is 1. The van der Waals surface area contributed by atoms with Crippen LogP contribution >= 0.6 is 0 Å². The van der Waals surface area contributed by atoms with Crippen LogP contribution in [0.5, 0.6) is 0 Å². The van der Waals surface area contributed by atoms with E-state index in [0.717, 1.165) is 55.9 Å². The molecule has 2 aromatic rings. The van der Waals surface area contributed by atoms with Gasteiger partial charge in [-0.25, -0.2) is 0 Å². The minimum absolute atomic E-state index is 0.108. The monoisotopic (exact) mass is 379 g/mol. The third kappa shape index (κ3) is 3.96. The van der Waals surface area contributed by atoms with Crippen molar-refractivity contribution in [1.29, 1.82) is 0 Å². The fourth-order valence-electron chi connectivity index (χ4n) is 4.50. The number of amides is 1. The zero-order valence-corrected chi connectivity index (χ0v) is 16.8. The zero-order chi connectivity index (χ0) is 19.6. The van der Waals surface area contributed by atoms with Crippen LogP contribution in [0.2, 0.25) is 0 Å². The van der Waals surface area contributed by atoms with Crippen molar-refractivity contribution in [2.75, 3.05) is 33.3 Å². The van der Waals surface area contributed by atoms with E-state index >= 15 is 0 Å². The molecule has 2 saturated heterocycles. The predicted octanol–water partition coefficient (Wildman–Crippen LogP) is 3.14. The predicted molar refractivity (Wildman–Crippen MR) is 109 cm³/mol. The van der Waals surface area contributed by atoms with E-state index < -0.39 is 0 Å². The average molecular weight is 380 g/mol. The maximum absolute atomic E-state index is 12.8. The van der Waals surface area contributed by atoms with Crippen molar-refractivity contribution < 1.29 is 9.53 Å². The van der Waals surface area contributed by atoms with Crippen LogP contribution in [0, 0.1) is 12.8 Å². The number of pyridine rings is 1. The second kappa shape index (κ2) is 8.02. The highest BCUT2D eigenvalue weighted by Crippen LogP contribution is 2.39. The SMILES string of the molecule is Cc1cccc(C(=O)N2CC3(CC(COCc4ccccn4)CCN3C)C2)c1. The molecule has 0 bridgehead atoms. The Bertz CT molecular complexity index is 818. The fourth-order valence-corrected chi connectivity index (χ4v) is 4.50. The molecule has 148 valence electrons. The summed E-state index contributed by atoms with van der Waals surface area (Å²) in [6, 6.07) is 13.8. The molecule has 1 atom stereocenters. The van der Waals surface area contributed by atoms with Gasteiger partial charge in [-0.2, -0.15) is 0 Å². The van der Waals surface area contributed by atoms with Gasteiger partial charge < -0.3 is 9.64 Å². The Kier molecular flexibility index (Phi) is 5.47. The second-order valence-corrected chi connectivity index (χ2v) is 8.37. The van der Waals surface area contributed by atoms with Gasteiger partial charge in [0.25, 0.3) is 5.91 Å². The summed E-state index contributed by atoms with van der Waals surface area (Å²) in [6.45, 7) is 6.04. The first kappa shape index (κ1) is 19.1. The molecule has 1 spiro atoms. The van der Waals surface area contributed by atoms with E-state index in [1.807, 2.05) is 54.3 Å². The van der Waals surface area contributed by atoms with Gasteiger partial charge in [-0.15, -0.1) is 0 Å². The lowest BCUT2D eigenvalue weighted by atomic mass is 9.75. The molecule has 5 heteroatoms. The molecular formula is C23H29N3O2. The molecule has 0 N–H and O–H groups in total. The van der Waals surface area contributed by atoms with Crippen LogP contribution in [0.15, 0.2) is 48.7 Å². The van der Waals surface area contributed by atoms with Crippen molar-refractivity contribution in [1.82, 2.24) is 14.8 Å². The van der Waals surface area contributed by atoms with Crippen molar-refractivity contribution >= 4 is 5.91 Å². The van der Waals surface area contributed by atoms with E-state index in [-0.39, 0.29) is 11.4 Å². The number of aryl methyl sites for hydroxylation is 1. The molecule has 1 amide bonds. The van der Waals surface area contributed by atoms with Crippen molar-refractivity contribution in [3.8, 4) is 0 Å². The lowest BCUT2D eigenvalue weighted by Gasteiger charge is -2.58. The first-order valence-electron chi connectivity index (χ1n) is 10.1. The molecule has 3 heterocycles. The molecule has 2 aliphatic rings. The van der Waals surface area contributed by atoms with E-state index in [4.69, 9.17) is 4.74 Å². The maximum atomic E-state index is 12.8. The largest absolute Gasteiger partial charge is 0.375 e. The van der Waals surface area contributed by atoms with Gasteiger partial charge in [0.2, 0.25) is 0 Å². The number of aromatic nitrogens is 1. The molecular weight excluding hydrogens is 350 g/mol. The van der Waals surface area contributed by atoms with Gasteiger partial charge in [0.1, 0.15) is 0 Å².